The lowest BCUT2D eigenvalue weighted by Crippen LogP contribution is -2.48. The zero-order valence-electron chi connectivity index (χ0n) is 11.3. The van der Waals surface area contributed by atoms with Crippen molar-refractivity contribution < 1.29 is 23.1 Å². The molecule has 2 atom stereocenters. The van der Waals surface area contributed by atoms with Crippen LogP contribution in [0.15, 0.2) is 29.2 Å². The molecule has 2 rings (SSSR count). The van der Waals surface area contributed by atoms with Crippen molar-refractivity contribution in [2.24, 2.45) is 0 Å². The van der Waals surface area contributed by atoms with E-state index in [0.29, 0.717) is 0 Å². The van der Waals surface area contributed by atoms with Crippen molar-refractivity contribution in [3.8, 4) is 0 Å². The molecule has 20 heavy (non-hydrogen) atoms. The van der Waals surface area contributed by atoms with Gasteiger partial charge in [-0.2, -0.15) is 4.31 Å². The average molecular weight is 299 g/mol. The predicted molar refractivity (Wildman–Crippen MR) is 72.2 cm³/mol. The van der Waals surface area contributed by atoms with E-state index in [9.17, 15) is 13.2 Å². The van der Waals surface area contributed by atoms with E-state index in [4.69, 9.17) is 9.84 Å². The second-order valence-electron chi connectivity index (χ2n) is 4.88. The quantitative estimate of drug-likeness (QED) is 0.906. The molecule has 1 aliphatic rings. The minimum atomic E-state index is -3.83. The van der Waals surface area contributed by atoms with Gasteiger partial charge in [-0.25, -0.2) is 13.2 Å². The zero-order chi connectivity index (χ0) is 14.9. The molecule has 1 aromatic carbocycles. The Balaban J connectivity index is 2.43. The van der Waals surface area contributed by atoms with Crippen LogP contribution in [0.5, 0.6) is 0 Å². The lowest BCUT2D eigenvalue weighted by Gasteiger charge is -2.34. The van der Waals surface area contributed by atoms with Gasteiger partial charge in [0.15, 0.2) is 0 Å². The van der Waals surface area contributed by atoms with E-state index < -0.39 is 16.0 Å². The van der Waals surface area contributed by atoms with Gasteiger partial charge in [-0.05, 0) is 26.0 Å². The molecule has 1 heterocycles. The first-order chi connectivity index (χ1) is 9.32. The van der Waals surface area contributed by atoms with Crippen molar-refractivity contribution >= 4 is 16.0 Å². The smallest absolute Gasteiger partial charge is 0.337 e. The van der Waals surface area contributed by atoms with Gasteiger partial charge in [-0.15, -0.1) is 0 Å². The van der Waals surface area contributed by atoms with Gasteiger partial charge in [0, 0.05) is 13.1 Å². The fourth-order valence-electron chi connectivity index (χ4n) is 2.33. The van der Waals surface area contributed by atoms with Crippen LogP contribution in [0, 0.1) is 0 Å². The van der Waals surface area contributed by atoms with Gasteiger partial charge in [0.05, 0.1) is 22.7 Å². The fraction of sp³-hybridized carbons (Fsp3) is 0.462. The van der Waals surface area contributed by atoms with Gasteiger partial charge in [-0.1, -0.05) is 12.1 Å². The van der Waals surface area contributed by atoms with Crippen molar-refractivity contribution in [1.29, 1.82) is 0 Å². The number of carbonyl (C=O) groups is 1. The molecular weight excluding hydrogens is 282 g/mol. The van der Waals surface area contributed by atoms with Crippen LogP contribution in [-0.2, 0) is 14.8 Å². The van der Waals surface area contributed by atoms with E-state index in [2.05, 4.69) is 0 Å². The van der Waals surface area contributed by atoms with Crippen LogP contribution in [0.2, 0.25) is 0 Å². The second-order valence-corrected chi connectivity index (χ2v) is 6.79. The van der Waals surface area contributed by atoms with Crippen LogP contribution < -0.4 is 0 Å². The maximum atomic E-state index is 12.6. The van der Waals surface area contributed by atoms with E-state index in [0.717, 1.165) is 0 Å². The number of rotatable bonds is 3. The first-order valence-electron chi connectivity index (χ1n) is 6.30. The molecule has 0 radical (unpaired) electrons. The van der Waals surface area contributed by atoms with Crippen molar-refractivity contribution in [2.75, 3.05) is 13.1 Å². The van der Waals surface area contributed by atoms with E-state index in [1.807, 2.05) is 0 Å². The number of nitrogens with zero attached hydrogens (tertiary/aromatic N) is 1. The minimum absolute atomic E-state index is 0.172. The number of benzene rings is 1. The van der Waals surface area contributed by atoms with Gasteiger partial charge < -0.3 is 9.84 Å². The molecular formula is C13H17NO5S. The molecule has 6 nitrogen and oxygen atoms in total. The van der Waals surface area contributed by atoms with Crippen LogP contribution in [0.3, 0.4) is 0 Å². The third-order valence-corrected chi connectivity index (χ3v) is 5.01. The Morgan fingerprint density at radius 3 is 2.35 bits per heavy atom. The van der Waals surface area contributed by atoms with Crippen molar-refractivity contribution in [2.45, 2.75) is 31.0 Å². The number of carboxylic acid groups (broad SMARTS) is 1. The summed E-state index contributed by atoms with van der Waals surface area (Å²) in [5.41, 5.74) is -0.209. The second kappa shape index (κ2) is 5.51. The first kappa shape index (κ1) is 15.0. The molecule has 0 bridgehead atoms. The lowest BCUT2D eigenvalue weighted by atomic mass is 10.2. The predicted octanol–water partition coefficient (Wildman–Crippen LogP) is 1.18. The summed E-state index contributed by atoms with van der Waals surface area (Å²) in [5, 5.41) is 9.12. The zero-order valence-corrected chi connectivity index (χ0v) is 12.1. The molecule has 0 aromatic heterocycles. The number of ether oxygens (including phenoxy) is 1. The third-order valence-electron chi connectivity index (χ3n) is 3.12. The highest BCUT2D eigenvalue weighted by molar-refractivity contribution is 7.89. The summed E-state index contributed by atoms with van der Waals surface area (Å²) in [6, 6.07) is 5.64. The first-order valence-corrected chi connectivity index (χ1v) is 7.74. The SMILES string of the molecule is CC1CN(S(=O)(=O)c2ccccc2C(=O)O)CC(C)O1. The molecule has 110 valence electrons. The molecule has 0 aliphatic carbocycles. The fourth-order valence-corrected chi connectivity index (χ4v) is 4.11. The maximum Gasteiger partial charge on any atom is 0.337 e. The summed E-state index contributed by atoms with van der Waals surface area (Å²) in [6.07, 6.45) is -0.434. The molecule has 1 aromatic rings. The maximum absolute atomic E-state index is 12.6. The summed E-state index contributed by atoms with van der Waals surface area (Å²) in [7, 11) is -3.83. The Kier molecular flexibility index (Phi) is 4.12. The highest BCUT2D eigenvalue weighted by Gasteiger charge is 2.34. The topological polar surface area (TPSA) is 83.9 Å². The Hall–Kier alpha value is -1.44. The summed E-state index contributed by atoms with van der Waals surface area (Å²) in [4.78, 5) is 11.0. The van der Waals surface area contributed by atoms with Gasteiger partial charge in [0.25, 0.3) is 0 Å². The monoisotopic (exact) mass is 299 g/mol. The van der Waals surface area contributed by atoms with Crippen LogP contribution in [0.25, 0.3) is 0 Å². The van der Waals surface area contributed by atoms with Crippen LogP contribution in [-0.4, -0.2) is 49.1 Å². The van der Waals surface area contributed by atoms with Gasteiger partial charge in [-0.3, -0.25) is 0 Å². The minimum Gasteiger partial charge on any atom is -0.478 e. The number of hydrogen-bond acceptors (Lipinski definition) is 4. The van der Waals surface area contributed by atoms with Crippen molar-refractivity contribution in [3.63, 3.8) is 0 Å². The molecule has 1 saturated heterocycles. The molecule has 1 aliphatic heterocycles. The number of aromatic carboxylic acids is 1. The Morgan fingerprint density at radius 1 is 1.25 bits per heavy atom. The molecule has 0 amide bonds. The number of sulfonamides is 1. The van der Waals surface area contributed by atoms with Gasteiger partial charge in [0.2, 0.25) is 10.0 Å². The molecule has 1 N–H and O–H groups in total. The van der Waals surface area contributed by atoms with Crippen molar-refractivity contribution in [1.82, 2.24) is 4.31 Å². The van der Waals surface area contributed by atoms with E-state index in [-0.39, 0.29) is 35.8 Å². The standard InChI is InChI=1S/C13H17NO5S/c1-9-7-14(8-10(2)19-9)20(17,18)12-6-4-3-5-11(12)13(15)16/h3-6,9-10H,7-8H2,1-2H3,(H,15,16). The Morgan fingerprint density at radius 2 is 1.80 bits per heavy atom. The number of morpholine rings is 1. The number of carboxylic acids is 1. The van der Waals surface area contributed by atoms with Crippen LogP contribution in [0.4, 0.5) is 0 Å². The van der Waals surface area contributed by atoms with E-state index >= 15 is 0 Å². The van der Waals surface area contributed by atoms with Crippen LogP contribution in [0.1, 0.15) is 24.2 Å². The summed E-state index contributed by atoms with van der Waals surface area (Å²) in [6.45, 7) is 4.03. The molecule has 1 fully saturated rings. The highest BCUT2D eigenvalue weighted by Crippen LogP contribution is 2.23. The number of hydrogen-bond donors (Lipinski definition) is 1. The summed E-state index contributed by atoms with van der Waals surface area (Å²) < 4.78 is 32.0. The highest BCUT2D eigenvalue weighted by atomic mass is 32.2. The average Bonchev–Trinajstić information content (AvgIpc) is 2.37. The van der Waals surface area contributed by atoms with E-state index in [1.54, 1.807) is 13.8 Å². The van der Waals surface area contributed by atoms with Crippen molar-refractivity contribution in [3.05, 3.63) is 29.8 Å². The van der Waals surface area contributed by atoms with Crippen LogP contribution >= 0.6 is 0 Å². The normalized spacial score (nSPS) is 24.5. The largest absolute Gasteiger partial charge is 0.478 e. The molecule has 2 unspecified atom stereocenters. The summed E-state index contributed by atoms with van der Waals surface area (Å²) in [5.74, 6) is -1.25. The third kappa shape index (κ3) is 2.84. The van der Waals surface area contributed by atoms with Gasteiger partial charge in [0.1, 0.15) is 0 Å². The summed E-state index contributed by atoms with van der Waals surface area (Å²) >= 11 is 0. The van der Waals surface area contributed by atoms with E-state index in [1.165, 1.54) is 28.6 Å². The Bertz CT molecular complexity index is 603. The molecule has 7 heteroatoms. The molecule has 0 saturated carbocycles. The lowest BCUT2D eigenvalue weighted by molar-refractivity contribution is -0.0440. The van der Waals surface area contributed by atoms with Gasteiger partial charge >= 0.3 is 5.97 Å². The molecule has 0 spiro atoms. The Labute approximate surface area is 118 Å².